The molecule has 5 heteroatoms. The fourth-order valence-electron chi connectivity index (χ4n) is 4.11. The first-order valence-corrected chi connectivity index (χ1v) is 9.74. The Bertz CT molecular complexity index is 944. The lowest BCUT2D eigenvalue weighted by atomic mass is 10.2. The summed E-state index contributed by atoms with van der Waals surface area (Å²) in [6.45, 7) is 3.98. The maximum atomic E-state index is 12.7. The Kier molecular flexibility index (Phi) is 3.88. The average molecular weight is 360 g/mol. The second-order valence-corrected chi connectivity index (χ2v) is 7.86. The molecule has 27 heavy (non-hydrogen) atoms. The van der Waals surface area contributed by atoms with Crippen LogP contribution in [0.5, 0.6) is 0 Å². The molecule has 2 unspecified atom stereocenters. The van der Waals surface area contributed by atoms with E-state index in [9.17, 15) is 4.79 Å². The second-order valence-electron chi connectivity index (χ2n) is 7.86. The van der Waals surface area contributed by atoms with Gasteiger partial charge in [0.05, 0.1) is 11.0 Å². The molecule has 3 aromatic rings. The Balaban J connectivity index is 1.19. The number of aryl methyl sites for hydroxylation is 1. The van der Waals surface area contributed by atoms with Crippen LogP contribution < -0.4 is 10.2 Å². The molecule has 1 aliphatic carbocycles. The van der Waals surface area contributed by atoms with Crippen molar-refractivity contribution < 1.29 is 4.79 Å². The van der Waals surface area contributed by atoms with Crippen molar-refractivity contribution in [3.05, 3.63) is 59.9 Å². The zero-order valence-electron chi connectivity index (χ0n) is 15.5. The molecule has 1 aromatic heterocycles. The van der Waals surface area contributed by atoms with Crippen molar-refractivity contribution in [1.82, 2.24) is 15.3 Å². The van der Waals surface area contributed by atoms with Crippen molar-refractivity contribution in [3.63, 3.8) is 0 Å². The zero-order chi connectivity index (χ0) is 18.4. The first-order valence-electron chi connectivity index (χ1n) is 9.74. The predicted octanol–water partition coefficient (Wildman–Crippen LogP) is 3.37. The molecule has 2 aliphatic rings. The smallest absolute Gasteiger partial charge is 0.224 e. The van der Waals surface area contributed by atoms with Gasteiger partial charge in [0.25, 0.3) is 0 Å². The number of aromatic nitrogens is 2. The molecule has 0 bridgehead atoms. The SMILES string of the molecule is Cc1ccc(N2CC[C@H](NC(=O)C3CC3c3nc4ccccc4[nH]3)C2)cc1. The molecule has 5 rings (SSSR count). The largest absolute Gasteiger partial charge is 0.369 e. The highest BCUT2D eigenvalue weighted by molar-refractivity contribution is 5.83. The number of nitrogens with zero attached hydrogens (tertiary/aromatic N) is 2. The van der Waals surface area contributed by atoms with E-state index in [1.54, 1.807) is 0 Å². The molecule has 0 spiro atoms. The van der Waals surface area contributed by atoms with Gasteiger partial charge in [0.1, 0.15) is 5.82 Å². The minimum atomic E-state index is 0.0546. The van der Waals surface area contributed by atoms with Gasteiger partial charge >= 0.3 is 0 Å². The third-order valence-corrected chi connectivity index (χ3v) is 5.82. The fraction of sp³-hybridized carbons (Fsp3) is 0.364. The second kappa shape index (κ2) is 6.41. The number of anilines is 1. The lowest BCUT2D eigenvalue weighted by Gasteiger charge is -2.19. The molecule has 1 saturated heterocycles. The molecular formula is C22H24N4O. The highest BCUT2D eigenvalue weighted by Gasteiger charge is 2.46. The van der Waals surface area contributed by atoms with Crippen LogP contribution in [0.3, 0.4) is 0 Å². The molecule has 1 aliphatic heterocycles. The Labute approximate surface area is 158 Å². The summed E-state index contributed by atoms with van der Waals surface area (Å²) >= 11 is 0. The molecule has 1 amide bonds. The number of carbonyl (C=O) groups excluding carboxylic acids is 1. The van der Waals surface area contributed by atoms with Crippen LogP contribution in [-0.2, 0) is 4.79 Å². The highest BCUT2D eigenvalue weighted by Crippen LogP contribution is 2.46. The summed E-state index contributed by atoms with van der Waals surface area (Å²) in [7, 11) is 0. The van der Waals surface area contributed by atoms with Crippen LogP contribution in [0.1, 0.15) is 30.1 Å². The van der Waals surface area contributed by atoms with Gasteiger partial charge in [-0.2, -0.15) is 0 Å². The van der Waals surface area contributed by atoms with E-state index in [2.05, 4.69) is 51.4 Å². The molecule has 0 radical (unpaired) electrons. The van der Waals surface area contributed by atoms with Gasteiger partial charge in [-0.15, -0.1) is 0 Å². The van der Waals surface area contributed by atoms with Crippen molar-refractivity contribution >= 4 is 22.6 Å². The van der Waals surface area contributed by atoms with Crippen molar-refractivity contribution in [3.8, 4) is 0 Å². The van der Waals surface area contributed by atoms with E-state index in [0.717, 1.165) is 42.8 Å². The lowest BCUT2D eigenvalue weighted by Crippen LogP contribution is -2.38. The minimum absolute atomic E-state index is 0.0546. The number of nitrogens with one attached hydrogen (secondary N) is 2. The number of amides is 1. The van der Waals surface area contributed by atoms with Gasteiger partial charge in [-0.05, 0) is 44.0 Å². The predicted molar refractivity (Wildman–Crippen MR) is 107 cm³/mol. The van der Waals surface area contributed by atoms with Crippen molar-refractivity contribution in [2.75, 3.05) is 18.0 Å². The van der Waals surface area contributed by atoms with Crippen LogP contribution in [0.25, 0.3) is 11.0 Å². The van der Waals surface area contributed by atoms with Crippen LogP contribution in [0.2, 0.25) is 0 Å². The van der Waals surface area contributed by atoms with Crippen molar-refractivity contribution in [2.45, 2.75) is 31.7 Å². The van der Waals surface area contributed by atoms with Crippen molar-refractivity contribution in [1.29, 1.82) is 0 Å². The van der Waals surface area contributed by atoms with Crippen LogP contribution >= 0.6 is 0 Å². The molecule has 2 heterocycles. The summed E-state index contributed by atoms with van der Waals surface area (Å²) in [5.41, 5.74) is 4.53. The summed E-state index contributed by atoms with van der Waals surface area (Å²) in [5, 5.41) is 3.26. The normalized spacial score (nSPS) is 24.3. The fourth-order valence-corrected chi connectivity index (χ4v) is 4.11. The van der Waals surface area contributed by atoms with Gasteiger partial charge < -0.3 is 15.2 Å². The van der Waals surface area contributed by atoms with Gasteiger partial charge in [-0.3, -0.25) is 4.79 Å². The van der Waals surface area contributed by atoms with Gasteiger partial charge in [-0.1, -0.05) is 29.8 Å². The van der Waals surface area contributed by atoms with E-state index in [4.69, 9.17) is 0 Å². The van der Waals surface area contributed by atoms with E-state index < -0.39 is 0 Å². The molecule has 2 fully saturated rings. The van der Waals surface area contributed by atoms with Crippen LogP contribution in [-0.4, -0.2) is 35.0 Å². The first kappa shape index (κ1) is 16.4. The maximum absolute atomic E-state index is 12.7. The molecule has 3 atom stereocenters. The number of rotatable bonds is 4. The summed E-state index contributed by atoms with van der Waals surface area (Å²) < 4.78 is 0. The topological polar surface area (TPSA) is 61.0 Å². The quantitative estimate of drug-likeness (QED) is 0.750. The number of fused-ring (bicyclic) bond motifs is 1. The van der Waals surface area contributed by atoms with E-state index in [-0.39, 0.29) is 23.8 Å². The van der Waals surface area contributed by atoms with Gasteiger partial charge in [0.15, 0.2) is 0 Å². The zero-order valence-corrected chi connectivity index (χ0v) is 15.5. The third kappa shape index (κ3) is 3.18. The van der Waals surface area contributed by atoms with Gasteiger partial charge in [0, 0.05) is 36.7 Å². The monoisotopic (exact) mass is 360 g/mol. The molecule has 2 N–H and O–H groups in total. The third-order valence-electron chi connectivity index (χ3n) is 5.82. The minimum Gasteiger partial charge on any atom is -0.369 e. The molecule has 138 valence electrons. The number of aromatic amines is 1. The number of imidazole rings is 1. The Morgan fingerprint density at radius 3 is 2.81 bits per heavy atom. The summed E-state index contributed by atoms with van der Waals surface area (Å²) in [5.74, 6) is 1.41. The van der Waals surface area contributed by atoms with E-state index >= 15 is 0 Å². The van der Waals surface area contributed by atoms with Gasteiger partial charge in [0.2, 0.25) is 5.91 Å². The first-order chi connectivity index (χ1) is 13.2. The highest BCUT2D eigenvalue weighted by atomic mass is 16.2. The number of H-pyrrole nitrogens is 1. The standard InChI is InChI=1S/C22H24N4O/c1-14-6-8-16(9-7-14)26-11-10-15(13-26)23-22(27)18-12-17(18)21-24-19-4-2-3-5-20(19)25-21/h2-9,15,17-18H,10-13H2,1H3,(H,23,27)(H,24,25)/t15-,17?,18?/m0/s1. The molecule has 5 nitrogen and oxygen atoms in total. The van der Waals surface area contributed by atoms with E-state index in [1.807, 2.05) is 24.3 Å². The molecule has 2 aromatic carbocycles. The summed E-state index contributed by atoms with van der Waals surface area (Å²) in [6.07, 6.45) is 1.89. The maximum Gasteiger partial charge on any atom is 0.224 e. The Hall–Kier alpha value is -2.82. The van der Waals surface area contributed by atoms with E-state index in [0.29, 0.717) is 0 Å². The van der Waals surface area contributed by atoms with Crippen LogP contribution in [0.15, 0.2) is 48.5 Å². The number of carbonyl (C=O) groups is 1. The average Bonchev–Trinajstić information content (AvgIpc) is 3.15. The van der Waals surface area contributed by atoms with Crippen molar-refractivity contribution in [2.24, 2.45) is 5.92 Å². The number of benzene rings is 2. The molecular weight excluding hydrogens is 336 g/mol. The van der Waals surface area contributed by atoms with E-state index in [1.165, 1.54) is 11.3 Å². The lowest BCUT2D eigenvalue weighted by molar-refractivity contribution is -0.123. The Morgan fingerprint density at radius 1 is 1.19 bits per heavy atom. The summed E-state index contributed by atoms with van der Waals surface area (Å²) in [6, 6.07) is 16.9. The molecule has 1 saturated carbocycles. The van der Waals surface area contributed by atoms with Crippen LogP contribution in [0, 0.1) is 12.8 Å². The van der Waals surface area contributed by atoms with Gasteiger partial charge in [-0.25, -0.2) is 4.98 Å². The summed E-state index contributed by atoms with van der Waals surface area (Å²) in [4.78, 5) is 23.1. The van der Waals surface area contributed by atoms with Crippen LogP contribution in [0.4, 0.5) is 5.69 Å². The Morgan fingerprint density at radius 2 is 2.00 bits per heavy atom. The number of hydrogen-bond donors (Lipinski definition) is 2. The number of hydrogen-bond acceptors (Lipinski definition) is 3. The number of para-hydroxylation sites is 2.